The van der Waals surface area contributed by atoms with E-state index in [0.717, 1.165) is 32.2 Å². The summed E-state index contributed by atoms with van der Waals surface area (Å²) in [6.07, 6.45) is 3.69. The average Bonchev–Trinajstić information content (AvgIpc) is 2.82. The molecule has 0 amide bonds. The van der Waals surface area contributed by atoms with E-state index in [0.29, 0.717) is 12.1 Å². The van der Waals surface area contributed by atoms with Crippen LogP contribution in [0.1, 0.15) is 37.8 Å². The minimum Gasteiger partial charge on any atom is -0.381 e. The van der Waals surface area contributed by atoms with Crippen molar-refractivity contribution < 1.29 is 4.74 Å². The molecule has 2 fully saturated rings. The fourth-order valence-electron chi connectivity index (χ4n) is 3.72. The minimum atomic E-state index is 0.469. The first-order chi connectivity index (χ1) is 10.3. The van der Waals surface area contributed by atoms with Crippen molar-refractivity contribution in [1.29, 1.82) is 0 Å². The highest BCUT2D eigenvalue weighted by atomic mass is 16.5. The average molecular weight is 288 g/mol. The molecule has 3 heteroatoms. The Morgan fingerprint density at radius 2 is 1.95 bits per heavy atom. The molecule has 2 aliphatic heterocycles. The highest BCUT2D eigenvalue weighted by Crippen LogP contribution is 2.26. The lowest BCUT2D eigenvalue weighted by Crippen LogP contribution is -2.43. The van der Waals surface area contributed by atoms with Crippen molar-refractivity contribution in [2.24, 2.45) is 5.92 Å². The lowest BCUT2D eigenvalue weighted by molar-refractivity contribution is 0.0297. The molecule has 1 N–H and O–H groups in total. The molecule has 0 radical (unpaired) electrons. The Hall–Kier alpha value is -0.900. The van der Waals surface area contributed by atoms with Crippen molar-refractivity contribution in [3.8, 4) is 0 Å². The maximum Gasteiger partial charge on any atom is 0.0469 e. The SMILES string of the molecule is CC(C1CCOCC1)N1CCCNC(c2ccccc2)C1. The Kier molecular flexibility index (Phi) is 5.28. The van der Waals surface area contributed by atoms with Gasteiger partial charge in [-0.25, -0.2) is 0 Å². The summed E-state index contributed by atoms with van der Waals surface area (Å²) in [7, 11) is 0. The molecule has 116 valence electrons. The van der Waals surface area contributed by atoms with Crippen LogP contribution in [0.15, 0.2) is 30.3 Å². The van der Waals surface area contributed by atoms with Gasteiger partial charge in [0.2, 0.25) is 0 Å². The van der Waals surface area contributed by atoms with E-state index >= 15 is 0 Å². The van der Waals surface area contributed by atoms with Gasteiger partial charge in [0.25, 0.3) is 0 Å². The van der Waals surface area contributed by atoms with Crippen molar-refractivity contribution in [2.45, 2.75) is 38.3 Å². The van der Waals surface area contributed by atoms with E-state index in [4.69, 9.17) is 4.74 Å². The van der Waals surface area contributed by atoms with Crippen LogP contribution in [0, 0.1) is 5.92 Å². The first-order valence-corrected chi connectivity index (χ1v) is 8.45. The van der Waals surface area contributed by atoms with Gasteiger partial charge in [-0.2, -0.15) is 0 Å². The second kappa shape index (κ2) is 7.39. The van der Waals surface area contributed by atoms with Gasteiger partial charge in [0.15, 0.2) is 0 Å². The molecule has 2 saturated heterocycles. The van der Waals surface area contributed by atoms with E-state index < -0.39 is 0 Å². The standard InChI is InChI=1S/C18H28N2O/c1-15(16-8-12-21-13-9-16)20-11-5-10-19-18(14-20)17-6-3-2-4-7-17/h2-4,6-7,15-16,18-19H,5,8-14H2,1H3. The monoisotopic (exact) mass is 288 g/mol. The third-order valence-corrected chi connectivity index (χ3v) is 5.16. The summed E-state index contributed by atoms with van der Waals surface area (Å²) in [4.78, 5) is 2.70. The number of rotatable bonds is 3. The molecule has 0 spiro atoms. The molecular formula is C18H28N2O. The first kappa shape index (κ1) is 15.0. The smallest absolute Gasteiger partial charge is 0.0469 e. The number of nitrogens with one attached hydrogen (secondary N) is 1. The molecule has 2 unspecified atom stereocenters. The zero-order valence-electron chi connectivity index (χ0n) is 13.1. The van der Waals surface area contributed by atoms with Gasteiger partial charge in [0, 0.05) is 31.8 Å². The van der Waals surface area contributed by atoms with E-state index in [9.17, 15) is 0 Å². The second-order valence-corrected chi connectivity index (χ2v) is 6.46. The zero-order valence-corrected chi connectivity index (χ0v) is 13.1. The first-order valence-electron chi connectivity index (χ1n) is 8.45. The second-order valence-electron chi connectivity index (χ2n) is 6.46. The van der Waals surface area contributed by atoms with Gasteiger partial charge >= 0.3 is 0 Å². The minimum absolute atomic E-state index is 0.469. The summed E-state index contributed by atoms with van der Waals surface area (Å²) in [5.41, 5.74) is 1.42. The Morgan fingerprint density at radius 3 is 2.71 bits per heavy atom. The predicted molar refractivity (Wildman–Crippen MR) is 86.4 cm³/mol. The molecule has 3 nitrogen and oxygen atoms in total. The van der Waals surface area contributed by atoms with Gasteiger partial charge < -0.3 is 10.1 Å². The fraction of sp³-hybridized carbons (Fsp3) is 0.667. The summed E-state index contributed by atoms with van der Waals surface area (Å²) >= 11 is 0. The van der Waals surface area contributed by atoms with Crippen LogP contribution in [0.3, 0.4) is 0 Å². The van der Waals surface area contributed by atoms with E-state index in [-0.39, 0.29) is 0 Å². The number of nitrogens with zero attached hydrogens (tertiary/aromatic N) is 1. The van der Waals surface area contributed by atoms with Crippen LogP contribution in [-0.2, 0) is 4.74 Å². The van der Waals surface area contributed by atoms with Crippen LogP contribution in [-0.4, -0.2) is 43.8 Å². The van der Waals surface area contributed by atoms with Gasteiger partial charge in [-0.1, -0.05) is 30.3 Å². The van der Waals surface area contributed by atoms with E-state index in [2.05, 4.69) is 47.5 Å². The van der Waals surface area contributed by atoms with Crippen LogP contribution in [0.4, 0.5) is 0 Å². The number of ether oxygens (including phenoxy) is 1. The zero-order chi connectivity index (χ0) is 14.5. The van der Waals surface area contributed by atoms with Gasteiger partial charge in [-0.05, 0) is 50.8 Å². The van der Waals surface area contributed by atoms with Gasteiger partial charge in [0.1, 0.15) is 0 Å². The van der Waals surface area contributed by atoms with Crippen LogP contribution < -0.4 is 5.32 Å². The molecule has 0 aromatic heterocycles. The maximum absolute atomic E-state index is 5.52. The van der Waals surface area contributed by atoms with Crippen LogP contribution in [0.2, 0.25) is 0 Å². The van der Waals surface area contributed by atoms with Crippen molar-refractivity contribution in [1.82, 2.24) is 10.2 Å². The lowest BCUT2D eigenvalue weighted by Gasteiger charge is -2.37. The fourth-order valence-corrected chi connectivity index (χ4v) is 3.72. The molecular weight excluding hydrogens is 260 g/mol. The Balaban J connectivity index is 1.67. The lowest BCUT2D eigenvalue weighted by atomic mass is 9.91. The number of benzene rings is 1. The maximum atomic E-state index is 5.52. The molecule has 2 heterocycles. The molecule has 2 atom stereocenters. The Morgan fingerprint density at radius 1 is 1.19 bits per heavy atom. The molecule has 2 aliphatic rings. The molecule has 1 aromatic rings. The summed E-state index contributed by atoms with van der Waals surface area (Å²) in [5.74, 6) is 0.799. The van der Waals surface area contributed by atoms with Gasteiger partial charge in [-0.15, -0.1) is 0 Å². The quantitative estimate of drug-likeness (QED) is 0.925. The van der Waals surface area contributed by atoms with Crippen molar-refractivity contribution in [3.05, 3.63) is 35.9 Å². The normalized spacial score (nSPS) is 27.2. The highest BCUT2D eigenvalue weighted by molar-refractivity contribution is 5.19. The van der Waals surface area contributed by atoms with Gasteiger partial charge in [-0.3, -0.25) is 4.90 Å². The molecule has 0 saturated carbocycles. The van der Waals surface area contributed by atoms with E-state index in [1.165, 1.54) is 31.4 Å². The van der Waals surface area contributed by atoms with E-state index in [1.807, 2.05) is 0 Å². The molecule has 0 bridgehead atoms. The Bertz CT molecular complexity index is 416. The summed E-state index contributed by atoms with van der Waals surface area (Å²) in [6.45, 7) is 7.78. The molecule has 21 heavy (non-hydrogen) atoms. The summed E-state index contributed by atoms with van der Waals surface area (Å²) < 4.78 is 5.52. The van der Waals surface area contributed by atoms with Crippen molar-refractivity contribution in [3.63, 3.8) is 0 Å². The third kappa shape index (κ3) is 3.85. The largest absolute Gasteiger partial charge is 0.381 e. The van der Waals surface area contributed by atoms with Crippen LogP contribution in [0.5, 0.6) is 0 Å². The summed E-state index contributed by atoms with van der Waals surface area (Å²) in [6, 6.07) is 12.0. The molecule has 1 aromatic carbocycles. The summed E-state index contributed by atoms with van der Waals surface area (Å²) in [5, 5.41) is 3.72. The topological polar surface area (TPSA) is 24.5 Å². The number of hydrogen-bond donors (Lipinski definition) is 1. The van der Waals surface area contributed by atoms with Crippen molar-refractivity contribution in [2.75, 3.05) is 32.8 Å². The third-order valence-electron chi connectivity index (χ3n) is 5.16. The molecule has 3 rings (SSSR count). The Labute approximate surface area is 128 Å². The van der Waals surface area contributed by atoms with Crippen LogP contribution in [0.25, 0.3) is 0 Å². The molecule has 0 aliphatic carbocycles. The highest BCUT2D eigenvalue weighted by Gasteiger charge is 2.28. The predicted octanol–water partition coefficient (Wildman–Crippen LogP) is 2.84. The number of hydrogen-bond acceptors (Lipinski definition) is 3. The van der Waals surface area contributed by atoms with Crippen molar-refractivity contribution >= 4 is 0 Å². The van der Waals surface area contributed by atoms with E-state index in [1.54, 1.807) is 0 Å². The van der Waals surface area contributed by atoms with Crippen LogP contribution >= 0.6 is 0 Å². The van der Waals surface area contributed by atoms with Gasteiger partial charge in [0.05, 0.1) is 0 Å².